The van der Waals surface area contributed by atoms with Gasteiger partial charge in [-0.1, -0.05) is 12.1 Å². The van der Waals surface area contributed by atoms with Crippen molar-refractivity contribution >= 4 is 22.3 Å². The molecule has 3 rings (SSSR count). The normalized spacial score (nSPS) is 16.2. The molecule has 2 aromatic rings. The van der Waals surface area contributed by atoms with E-state index in [-0.39, 0.29) is 0 Å². The lowest BCUT2D eigenvalue weighted by atomic mass is 10.1. The van der Waals surface area contributed by atoms with E-state index in [2.05, 4.69) is 21.3 Å². The number of morpholine rings is 1. The van der Waals surface area contributed by atoms with E-state index in [1.807, 2.05) is 25.3 Å². The molecule has 5 nitrogen and oxygen atoms in total. The molecule has 0 bridgehead atoms. The molecule has 1 aliphatic rings. The van der Waals surface area contributed by atoms with Gasteiger partial charge in [-0.3, -0.25) is 4.90 Å². The molecule has 112 valence electrons. The molecule has 21 heavy (non-hydrogen) atoms. The van der Waals surface area contributed by atoms with Crippen LogP contribution < -0.4 is 11.1 Å². The summed E-state index contributed by atoms with van der Waals surface area (Å²) < 4.78 is 5.36. The van der Waals surface area contributed by atoms with Crippen LogP contribution in [0.25, 0.3) is 10.8 Å². The van der Waals surface area contributed by atoms with Gasteiger partial charge in [0.1, 0.15) is 5.82 Å². The van der Waals surface area contributed by atoms with Crippen molar-refractivity contribution in [2.45, 2.75) is 6.92 Å². The molecule has 3 N–H and O–H groups in total. The third-order valence-corrected chi connectivity index (χ3v) is 3.96. The van der Waals surface area contributed by atoms with Gasteiger partial charge in [-0.15, -0.1) is 0 Å². The number of hydrogen-bond acceptors (Lipinski definition) is 5. The number of hydrogen-bond donors (Lipinski definition) is 2. The zero-order valence-electron chi connectivity index (χ0n) is 12.4. The fourth-order valence-electron chi connectivity index (χ4n) is 2.80. The van der Waals surface area contributed by atoms with E-state index >= 15 is 0 Å². The predicted molar refractivity (Wildman–Crippen MR) is 86.6 cm³/mol. The SMILES string of the molecule is Cc1cnc(NCCN2CCOCC2)c2cccc(N)c12. The number of aryl methyl sites for hydroxylation is 1. The van der Waals surface area contributed by atoms with Gasteiger partial charge in [-0.05, 0) is 18.6 Å². The molecule has 0 radical (unpaired) electrons. The molecule has 1 aliphatic heterocycles. The maximum Gasteiger partial charge on any atom is 0.133 e. The Morgan fingerprint density at radius 3 is 2.95 bits per heavy atom. The number of benzene rings is 1. The fraction of sp³-hybridized carbons (Fsp3) is 0.438. The Morgan fingerprint density at radius 1 is 1.33 bits per heavy atom. The van der Waals surface area contributed by atoms with E-state index in [9.17, 15) is 0 Å². The van der Waals surface area contributed by atoms with Gasteiger partial charge in [0.15, 0.2) is 0 Å². The summed E-state index contributed by atoms with van der Waals surface area (Å²) in [5.74, 6) is 0.913. The minimum atomic E-state index is 0.809. The van der Waals surface area contributed by atoms with E-state index in [1.54, 1.807) is 0 Å². The molecule has 5 heteroatoms. The number of fused-ring (bicyclic) bond motifs is 1. The third-order valence-electron chi connectivity index (χ3n) is 3.96. The zero-order valence-corrected chi connectivity index (χ0v) is 12.4. The molecule has 0 aliphatic carbocycles. The molecule has 1 saturated heterocycles. The largest absolute Gasteiger partial charge is 0.398 e. The number of anilines is 2. The zero-order chi connectivity index (χ0) is 14.7. The van der Waals surface area contributed by atoms with E-state index in [4.69, 9.17) is 10.5 Å². The molecule has 1 aromatic heterocycles. The Balaban J connectivity index is 1.72. The maximum atomic E-state index is 6.09. The summed E-state index contributed by atoms with van der Waals surface area (Å²) >= 11 is 0. The molecule has 0 unspecified atom stereocenters. The summed E-state index contributed by atoms with van der Waals surface area (Å²) in [5.41, 5.74) is 8.02. The summed E-state index contributed by atoms with van der Waals surface area (Å²) in [6, 6.07) is 5.99. The standard InChI is InChI=1S/C16H22N4O/c1-12-11-19-16(13-3-2-4-14(17)15(12)13)18-5-6-20-7-9-21-10-8-20/h2-4,11H,5-10,17H2,1H3,(H,18,19). The van der Waals surface area contributed by atoms with Crippen LogP contribution in [0.1, 0.15) is 5.56 Å². The van der Waals surface area contributed by atoms with Crippen LogP contribution in [0.4, 0.5) is 11.5 Å². The van der Waals surface area contributed by atoms with Crippen molar-refractivity contribution in [3.63, 3.8) is 0 Å². The van der Waals surface area contributed by atoms with Gasteiger partial charge >= 0.3 is 0 Å². The quantitative estimate of drug-likeness (QED) is 0.840. The second kappa shape index (κ2) is 6.28. The molecule has 0 amide bonds. The first-order valence-corrected chi connectivity index (χ1v) is 7.43. The predicted octanol–water partition coefficient (Wildman–Crippen LogP) is 1.87. The van der Waals surface area contributed by atoms with Gasteiger partial charge in [-0.25, -0.2) is 4.98 Å². The van der Waals surface area contributed by atoms with Gasteiger partial charge in [0.2, 0.25) is 0 Å². The smallest absolute Gasteiger partial charge is 0.133 e. The first-order chi connectivity index (χ1) is 10.3. The first kappa shape index (κ1) is 14.1. The van der Waals surface area contributed by atoms with Crippen molar-refractivity contribution in [2.24, 2.45) is 0 Å². The van der Waals surface area contributed by atoms with E-state index < -0.39 is 0 Å². The highest BCUT2D eigenvalue weighted by Crippen LogP contribution is 2.28. The van der Waals surface area contributed by atoms with Gasteiger partial charge < -0.3 is 15.8 Å². The van der Waals surface area contributed by atoms with Crippen LogP contribution in [0.5, 0.6) is 0 Å². The van der Waals surface area contributed by atoms with Crippen LogP contribution >= 0.6 is 0 Å². The van der Waals surface area contributed by atoms with Crippen molar-refractivity contribution in [1.29, 1.82) is 0 Å². The lowest BCUT2D eigenvalue weighted by molar-refractivity contribution is 0.0398. The number of pyridine rings is 1. The molecule has 2 heterocycles. The number of ether oxygens (including phenoxy) is 1. The monoisotopic (exact) mass is 286 g/mol. The Kier molecular flexibility index (Phi) is 4.22. The van der Waals surface area contributed by atoms with Crippen molar-refractivity contribution in [3.8, 4) is 0 Å². The fourth-order valence-corrected chi connectivity index (χ4v) is 2.80. The highest BCUT2D eigenvalue weighted by atomic mass is 16.5. The maximum absolute atomic E-state index is 6.09. The minimum absolute atomic E-state index is 0.809. The topological polar surface area (TPSA) is 63.4 Å². The van der Waals surface area contributed by atoms with Crippen LogP contribution in [0.3, 0.4) is 0 Å². The number of aromatic nitrogens is 1. The lowest BCUT2D eigenvalue weighted by Gasteiger charge is -2.26. The van der Waals surface area contributed by atoms with Crippen LogP contribution in [-0.4, -0.2) is 49.3 Å². The molecule has 0 saturated carbocycles. The Morgan fingerprint density at radius 2 is 2.14 bits per heavy atom. The summed E-state index contributed by atoms with van der Waals surface area (Å²) in [6.07, 6.45) is 1.88. The number of rotatable bonds is 4. The van der Waals surface area contributed by atoms with Crippen LogP contribution in [0.2, 0.25) is 0 Å². The van der Waals surface area contributed by atoms with Crippen LogP contribution in [0, 0.1) is 6.92 Å². The van der Waals surface area contributed by atoms with Crippen molar-refractivity contribution in [2.75, 3.05) is 50.4 Å². The van der Waals surface area contributed by atoms with Crippen molar-refractivity contribution in [1.82, 2.24) is 9.88 Å². The Hall–Kier alpha value is -1.85. The second-order valence-corrected chi connectivity index (χ2v) is 5.44. The molecular weight excluding hydrogens is 264 g/mol. The van der Waals surface area contributed by atoms with Crippen molar-refractivity contribution < 1.29 is 4.74 Å². The third kappa shape index (κ3) is 3.09. The Bertz CT molecular complexity index is 615. The summed E-state index contributed by atoms with van der Waals surface area (Å²) in [4.78, 5) is 6.92. The highest BCUT2D eigenvalue weighted by molar-refractivity contribution is 6.01. The number of nitrogens with zero attached hydrogens (tertiary/aromatic N) is 2. The second-order valence-electron chi connectivity index (χ2n) is 5.44. The van der Waals surface area contributed by atoms with Crippen molar-refractivity contribution in [3.05, 3.63) is 30.0 Å². The summed E-state index contributed by atoms with van der Waals surface area (Å²) in [7, 11) is 0. The molecule has 0 atom stereocenters. The van der Waals surface area contributed by atoms with Gasteiger partial charge in [0.05, 0.1) is 13.2 Å². The van der Waals surface area contributed by atoms with Gasteiger partial charge in [-0.2, -0.15) is 0 Å². The Labute approximate surface area is 125 Å². The van der Waals surface area contributed by atoms with E-state index in [1.165, 1.54) is 0 Å². The minimum Gasteiger partial charge on any atom is -0.398 e. The van der Waals surface area contributed by atoms with Crippen LogP contribution in [0.15, 0.2) is 24.4 Å². The summed E-state index contributed by atoms with van der Waals surface area (Å²) in [6.45, 7) is 7.61. The highest BCUT2D eigenvalue weighted by Gasteiger charge is 2.11. The van der Waals surface area contributed by atoms with Gasteiger partial charge in [0, 0.05) is 48.8 Å². The molecule has 1 fully saturated rings. The van der Waals surface area contributed by atoms with E-state index in [0.29, 0.717) is 0 Å². The number of nitrogens with one attached hydrogen (secondary N) is 1. The first-order valence-electron chi connectivity index (χ1n) is 7.43. The molecule has 0 spiro atoms. The van der Waals surface area contributed by atoms with Crippen LogP contribution in [-0.2, 0) is 4.74 Å². The average molecular weight is 286 g/mol. The van der Waals surface area contributed by atoms with Gasteiger partial charge in [0.25, 0.3) is 0 Å². The average Bonchev–Trinajstić information content (AvgIpc) is 2.51. The lowest BCUT2D eigenvalue weighted by Crippen LogP contribution is -2.39. The molecular formula is C16H22N4O. The van der Waals surface area contributed by atoms with E-state index in [0.717, 1.165) is 67.2 Å². The number of nitrogen functional groups attached to an aromatic ring is 1. The summed E-state index contributed by atoms with van der Waals surface area (Å²) in [5, 5.41) is 5.63. The number of nitrogens with two attached hydrogens (primary N) is 1. The molecule has 1 aromatic carbocycles.